The smallest absolute Gasteiger partial charge is 0.0552 e. The molecule has 0 atom stereocenters. The van der Waals surface area contributed by atoms with E-state index < -0.39 is 0 Å². The van der Waals surface area contributed by atoms with Gasteiger partial charge in [-0.1, -0.05) is 49.9 Å². The van der Waals surface area contributed by atoms with Crippen molar-refractivity contribution in [3.8, 4) is 0 Å². The summed E-state index contributed by atoms with van der Waals surface area (Å²) in [6, 6.07) is 17.5. The molecule has 3 heteroatoms. The highest BCUT2D eigenvalue weighted by Gasteiger charge is 2.22. The number of nitrogens with zero attached hydrogens (tertiary/aromatic N) is 2. The largest absolute Gasteiger partial charge is 0.340 e. The predicted octanol–water partition coefficient (Wildman–Crippen LogP) is 5.02. The van der Waals surface area contributed by atoms with E-state index in [1.54, 1.807) is 0 Å². The van der Waals surface area contributed by atoms with Crippen LogP contribution in [0.15, 0.2) is 58.3 Å². The molecular formula is C19H24N2S. The first-order valence-electron chi connectivity index (χ1n) is 8.19. The SMILES string of the molecule is CCN(CC)CCCN1c2ccccc2Sc2ccccc21. The van der Waals surface area contributed by atoms with Crippen LogP contribution in [0.25, 0.3) is 0 Å². The maximum Gasteiger partial charge on any atom is 0.0552 e. The minimum Gasteiger partial charge on any atom is -0.340 e. The number of rotatable bonds is 6. The molecule has 2 aromatic rings. The fraction of sp³-hybridized carbons (Fsp3) is 0.368. The molecule has 0 N–H and O–H groups in total. The Hall–Kier alpha value is -1.45. The molecule has 2 nitrogen and oxygen atoms in total. The number of hydrogen-bond acceptors (Lipinski definition) is 3. The van der Waals surface area contributed by atoms with Crippen LogP contribution in [0.4, 0.5) is 11.4 Å². The lowest BCUT2D eigenvalue weighted by atomic mass is 10.2. The standard InChI is InChI=1S/C19H24N2S/c1-3-20(4-2)14-9-15-21-16-10-5-7-12-18(16)22-19-13-8-6-11-17(19)21/h5-8,10-13H,3-4,9,14-15H2,1-2H3. The second-order valence-corrected chi connectivity index (χ2v) is 6.65. The molecule has 0 radical (unpaired) electrons. The van der Waals surface area contributed by atoms with Crippen LogP contribution in [0.2, 0.25) is 0 Å². The van der Waals surface area contributed by atoms with E-state index in [1.165, 1.54) is 34.1 Å². The van der Waals surface area contributed by atoms with Gasteiger partial charge in [0, 0.05) is 16.3 Å². The van der Waals surface area contributed by atoms with Gasteiger partial charge in [-0.15, -0.1) is 0 Å². The molecule has 116 valence electrons. The Morgan fingerprint density at radius 3 is 1.95 bits per heavy atom. The monoisotopic (exact) mass is 312 g/mol. The summed E-state index contributed by atoms with van der Waals surface area (Å²) in [7, 11) is 0. The fourth-order valence-corrected chi connectivity index (χ4v) is 4.11. The molecule has 0 aromatic heterocycles. The van der Waals surface area contributed by atoms with Crippen molar-refractivity contribution in [1.29, 1.82) is 0 Å². The third kappa shape index (κ3) is 3.16. The zero-order chi connectivity index (χ0) is 15.4. The van der Waals surface area contributed by atoms with Gasteiger partial charge < -0.3 is 9.80 Å². The van der Waals surface area contributed by atoms with Crippen molar-refractivity contribution < 1.29 is 0 Å². The van der Waals surface area contributed by atoms with Gasteiger partial charge in [-0.25, -0.2) is 0 Å². The van der Waals surface area contributed by atoms with E-state index in [-0.39, 0.29) is 0 Å². The molecule has 2 aromatic carbocycles. The van der Waals surface area contributed by atoms with Gasteiger partial charge in [-0.05, 0) is 50.3 Å². The van der Waals surface area contributed by atoms with Crippen LogP contribution in [-0.4, -0.2) is 31.1 Å². The average molecular weight is 312 g/mol. The van der Waals surface area contributed by atoms with Crippen LogP contribution < -0.4 is 4.90 Å². The van der Waals surface area contributed by atoms with Gasteiger partial charge in [0.15, 0.2) is 0 Å². The molecule has 0 bridgehead atoms. The average Bonchev–Trinajstić information content (AvgIpc) is 2.58. The molecule has 1 aliphatic rings. The Kier molecular flexibility index (Phi) is 5.06. The highest BCUT2D eigenvalue weighted by atomic mass is 32.2. The Labute approximate surface area is 138 Å². The zero-order valence-electron chi connectivity index (χ0n) is 13.5. The Bertz CT molecular complexity index is 577. The summed E-state index contributed by atoms with van der Waals surface area (Å²) in [4.78, 5) is 7.72. The maximum atomic E-state index is 2.50. The van der Waals surface area contributed by atoms with Gasteiger partial charge in [0.05, 0.1) is 11.4 Å². The van der Waals surface area contributed by atoms with Crippen molar-refractivity contribution in [2.24, 2.45) is 0 Å². The molecule has 0 saturated carbocycles. The van der Waals surface area contributed by atoms with Gasteiger partial charge >= 0.3 is 0 Å². The molecule has 1 heterocycles. The molecule has 0 spiro atoms. The molecule has 0 fully saturated rings. The number of hydrogen-bond donors (Lipinski definition) is 0. The van der Waals surface area contributed by atoms with Crippen LogP contribution >= 0.6 is 11.8 Å². The Morgan fingerprint density at radius 2 is 1.41 bits per heavy atom. The molecule has 1 aliphatic heterocycles. The zero-order valence-corrected chi connectivity index (χ0v) is 14.3. The van der Waals surface area contributed by atoms with Gasteiger partial charge in [-0.2, -0.15) is 0 Å². The van der Waals surface area contributed by atoms with Gasteiger partial charge in [0.2, 0.25) is 0 Å². The molecule has 22 heavy (non-hydrogen) atoms. The summed E-state index contributed by atoms with van der Waals surface area (Å²) in [5, 5.41) is 0. The van der Waals surface area contributed by atoms with Gasteiger partial charge in [0.25, 0.3) is 0 Å². The van der Waals surface area contributed by atoms with E-state index in [0.717, 1.165) is 19.6 Å². The summed E-state index contributed by atoms with van der Waals surface area (Å²) < 4.78 is 0. The lowest BCUT2D eigenvalue weighted by Crippen LogP contribution is -2.28. The second kappa shape index (κ2) is 7.21. The normalized spacial score (nSPS) is 13.1. The maximum absolute atomic E-state index is 2.50. The number of para-hydroxylation sites is 2. The van der Waals surface area contributed by atoms with Crippen molar-refractivity contribution in [3.05, 3.63) is 48.5 Å². The molecule has 3 rings (SSSR count). The minimum absolute atomic E-state index is 1.07. The molecule has 0 aliphatic carbocycles. The minimum atomic E-state index is 1.07. The predicted molar refractivity (Wildman–Crippen MR) is 96.4 cm³/mol. The van der Waals surface area contributed by atoms with Crippen LogP contribution in [0, 0.1) is 0 Å². The van der Waals surface area contributed by atoms with E-state index >= 15 is 0 Å². The molecule has 0 unspecified atom stereocenters. The number of fused-ring (bicyclic) bond motifs is 2. The first-order valence-corrected chi connectivity index (χ1v) is 9.01. The van der Waals surface area contributed by atoms with E-state index in [1.807, 2.05) is 11.8 Å². The lowest BCUT2D eigenvalue weighted by molar-refractivity contribution is 0.301. The van der Waals surface area contributed by atoms with Crippen molar-refractivity contribution in [1.82, 2.24) is 4.90 Å². The third-order valence-corrected chi connectivity index (χ3v) is 5.41. The van der Waals surface area contributed by atoms with Gasteiger partial charge in [0.1, 0.15) is 0 Å². The lowest BCUT2D eigenvalue weighted by Gasteiger charge is -2.33. The van der Waals surface area contributed by atoms with E-state index in [2.05, 4.69) is 72.2 Å². The van der Waals surface area contributed by atoms with Crippen molar-refractivity contribution in [3.63, 3.8) is 0 Å². The Balaban J connectivity index is 1.80. The van der Waals surface area contributed by atoms with Crippen molar-refractivity contribution >= 4 is 23.1 Å². The molecular weight excluding hydrogens is 288 g/mol. The topological polar surface area (TPSA) is 6.48 Å². The molecule has 0 amide bonds. The van der Waals surface area contributed by atoms with Crippen molar-refractivity contribution in [2.75, 3.05) is 31.1 Å². The van der Waals surface area contributed by atoms with E-state index in [9.17, 15) is 0 Å². The fourth-order valence-electron chi connectivity index (χ4n) is 3.01. The van der Waals surface area contributed by atoms with Gasteiger partial charge in [-0.3, -0.25) is 0 Å². The van der Waals surface area contributed by atoms with Crippen LogP contribution in [0.3, 0.4) is 0 Å². The van der Waals surface area contributed by atoms with Crippen LogP contribution in [0.1, 0.15) is 20.3 Å². The highest BCUT2D eigenvalue weighted by molar-refractivity contribution is 7.99. The molecule has 0 saturated heterocycles. The summed E-state index contributed by atoms with van der Waals surface area (Å²) >= 11 is 1.88. The second-order valence-electron chi connectivity index (χ2n) is 5.57. The van der Waals surface area contributed by atoms with Crippen LogP contribution in [-0.2, 0) is 0 Å². The third-order valence-electron chi connectivity index (χ3n) is 4.28. The summed E-state index contributed by atoms with van der Waals surface area (Å²) in [6.45, 7) is 9.00. The van der Waals surface area contributed by atoms with Crippen molar-refractivity contribution in [2.45, 2.75) is 30.1 Å². The number of benzene rings is 2. The summed E-state index contributed by atoms with van der Waals surface area (Å²) in [6.07, 6.45) is 1.19. The number of anilines is 2. The quantitative estimate of drug-likeness (QED) is 0.739. The summed E-state index contributed by atoms with van der Waals surface area (Å²) in [5.74, 6) is 0. The first kappa shape index (κ1) is 15.4. The first-order chi connectivity index (χ1) is 10.8. The van der Waals surface area contributed by atoms with E-state index in [4.69, 9.17) is 0 Å². The van der Waals surface area contributed by atoms with E-state index in [0.29, 0.717) is 0 Å². The summed E-state index contributed by atoms with van der Waals surface area (Å²) in [5.41, 5.74) is 2.71. The highest BCUT2D eigenvalue weighted by Crippen LogP contribution is 2.47. The van der Waals surface area contributed by atoms with Crippen LogP contribution in [0.5, 0.6) is 0 Å². The Morgan fingerprint density at radius 1 is 0.864 bits per heavy atom.